The number of hydrogen-bond donors (Lipinski definition) is 3. The molecule has 2 rings (SSSR count). The molecule has 0 saturated heterocycles. The summed E-state index contributed by atoms with van der Waals surface area (Å²) >= 11 is 0. The van der Waals surface area contributed by atoms with Crippen LogP contribution in [0.3, 0.4) is 0 Å². The van der Waals surface area contributed by atoms with Crippen molar-refractivity contribution in [2.24, 2.45) is 0 Å². The SMILES string of the molecule is COc1ccc(C(=O)NCCC(=O)NCc2ccncc2)cc1S(=O)(=O)NC(C)C. The average molecular weight is 435 g/mol. The summed E-state index contributed by atoms with van der Waals surface area (Å²) in [6.45, 7) is 3.87. The molecule has 9 nitrogen and oxygen atoms in total. The molecule has 0 atom stereocenters. The molecule has 2 aromatic rings. The van der Waals surface area contributed by atoms with Crippen molar-refractivity contribution in [3.8, 4) is 5.75 Å². The molecule has 10 heteroatoms. The minimum Gasteiger partial charge on any atom is -0.495 e. The van der Waals surface area contributed by atoms with E-state index < -0.39 is 15.9 Å². The third-order valence-electron chi connectivity index (χ3n) is 3.98. The van der Waals surface area contributed by atoms with Gasteiger partial charge in [-0.1, -0.05) is 0 Å². The Labute approximate surface area is 176 Å². The zero-order valence-electron chi connectivity index (χ0n) is 17.1. The van der Waals surface area contributed by atoms with E-state index in [0.717, 1.165) is 5.56 Å². The van der Waals surface area contributed by atoms with E-state index in [2.05, 4.69) is 20.3 Å². The second-order valence-corrected chi connectivity index (χ2v) is 8.46. The molecule has 162 valence electrons. The van der Waals surface area contributed by atoms with Crippen molar-refractivity contribution in [2.45, 2.75) is 37.8 Å². The lowest BCUT2D eigenvalue weighted by Crippen LogP contribution is -2.32. The average Bonchev–Trinajstić information content (AvgIpc) is 2.71. The van der Waals surface area contributed by atoms with Gasteiger partial charge in [-0.15, -0.1) is 0 Å². The number of carbonyl (C=O) groups is 2. The number of aromatic nitrogens is 1. The molecule has 1 heterocycles. The number of benzene rings is 1. The molecule has 0 aliphatic carbocycles. The van der Waals surface area contributed by atoms with Crippen LogP contribution in [0.2, 0.25) is 0 Å². The third kappa shape index (κ3) is 6.82. The van der Waals surface area contributed by atoms with Crippen LogP contribution in [0.25, 0.3) is 0 Å². The van der Waals surface area contributed by atoms with E-state index in [4.69, 9.17) is 4.74 Å². The fourth-order valence-corrected chi connectivity index (χ4v) is 4.03. The largest absolute Gasteiger partial charge is 0.495 e. The molecule has 1 aromatic heterocycles. The fourth-order valence-electron chi connectivity index (χ4n) is 2.58. The van der Waals surface area contributed by atoms with E-state index in [-0.39, 0.29) is 41.1 Å². The Morgan fingerprint density at radius 3 is 2.43 bits per heavy atom. The zero-order chi connectivity index (χ0) is 22.1. The van der Waals surface area contributed by atoms with E-state index in [9.17, 15) is 18.0 Å². The summed E-state index contributed by atoms with van der Waals surface area (Å²) < 4.78 is 32.6. The first-order valence-corrected chi connectivity index (χ1v) is 10.9. The zero-order valence-corrected chi connectivity index (χ0v) is 18.0. The normalized spacial score (nSPS) is 11.2. The Morgan fingerprint density at radius 1 is 1.10 bits per heavy atom. The number of nitrogens with zero attached hydrogens (tertiary/aromatic N) is 1. The van der Waals surface area contributed by atoms with Crippen LogP contribution in [-0.4, -0.2) is 44.9 Å². The van der Waals surface area contributed by atoms with Crippen molar-refractivity contribution in [3.63, 3.8) is 0 Å². The van der Waals surface area contributed by atoms with Crippen LogP contribution >= 0.6 is 0 Å². The van der Waals surface area contributed by atoms with Gasteiger partial charge in [0, 0.05) is 43.5 Å². The maximum atomic E-state index is 12.5. The van der Waals surface area contributed by atoms with E-state index in [1.54, 1.807) is 38.4 Å². The summed E-state index contributed by atoms with van der Waals surface area (Å²) in [5, 5.41) is 5.37. The standard InChI is InChI=1S/C20H26N4O5S/c1-14(2)24-30(27,28)18-12-16(4-5-17(18)29-3)20(26)22-11-8-19(25)23-13-15-6-9-21-10-7-15/h4-7,9-10,12,14,24H,8,11,13H2,1-3H3,(H,22,26)(H,23,25). The van der Waals surface area contributed by atoms with Gasteiger partial charge in [-0.2, -0.15) is 0 Å². The van der Waals surface area contributed by atoms with Crippen molar-refractivity contribution < 1.29 is 22.7 Å². The summed E-state index contributed by atoms with van der Waals surface area (Å²) in [6.07, 6.45) is 3.37. The summed E-state index contributed by atoms with van der Waals surface area (Å²) in [5.41, 5.74) is 1.07. The lowest BCUT2D eigenvalue weighted by atomic mass is 10.2. The number of pyridine rings is 1. The molecule has 0 aliphatic heterocycles. The molecule has 0 aliphatic rings. The van der Waals surface area contributed by atoms with Crippen molar-refractivity contribution in [1.82, 2.24) is 20.3 Å². The molecule has 0 spiro atoms. The van der Waals surface area contributed by atoms with Gasteiger partial charge in [0.25, 0.3) is 5.91 Å². The first kappa shape index (κ1) is 23.3. The highest BCUT2D eigenvalue weighted by atomic mass is 32.2. The van der Waals surface area contributed by atoms with Gasteiger partial charge in [-0.3, -0.25) is 14.6 Å². The Bertz CT molecular complexity index is 978. The number of hydrogen-bond acceptors (Lipinski definition) is 6. The van der Waals surface area contributed by atoms with Crippen molar-refractivity contribution >= 4 is 21.8 Å². The Balaban J connectivity index is 1.95. The number of rotatable bonds is 10. The summed E-state index contributed by atoms with van der Waals surface area (Å²) in [6, 6.07) is 7.42. The van der Waals surface area contributed by atoms with Gasteiger partial charge < -0.3 is 15.4 Å². The lowest BCUT2D eigenvalue weighted by molar-refractivity contribution is -0.121. The fraction of sp³-hybridized carbons (Fsp3) is 0.350. The van der Waals surface area contributed by atoms with Gasteiger partial charge in [-0.25, -0.2) is 13.1 Å². The minimum absolute atomic E-state index is 0.0903. The molecule has 0 unspecified atom stereocenters. The highest BCUT2D eigenvalue weighted by Crippen LogP contribution is 2.25. The van der Waals surface area contributed by atoms with E-state index >= 15 is 0 Å². The summed E-state index contributed by atoms with van der Waals surface area (Å²) in [5.74, 6) is -0.568. The van der Waals surface area contributed by atoms with E-state index in [0.29, 0.717) is 6.54 Å². The van der Waals surface area contributed by atoms with Crippen molar-refractivity contribution in [1.29, 1.82) is 0 Å². The predicted octanol–water partition coefficient (Wildman–Crippen LogP) is 1.21. The molecule has 2 amide bonds. The minimum atomic E-state index is -3.85. The van der Waals surface area contributed by atoms with Crippen LogP contribution in [0, 0.1) is 0 Å². The molecule has 0 bridgehead atoms. The molecule has 0 saturated carbocycles. The van der Waals surface area contributed by atoms with Gasteiger partial charge in [0.1, 0.15) is 10.6 Å². The van der Waals surface area contributed by atoms with Crippen LogP contribution < -0.4 is 20.1 Å². The van der Waals surface area contributed by atoms with Crippen LogP contribution in [0.15, 0.2) is 47.6 Å². The predicted molar refractivity (Wildman–Crippen MR) is 111 cm³/mol. The number of methoxy groups -OCH3 is 1. The molecule has 1 aromatic carbocycles. The van der Waals surface area contributed by atoms with Crippen LogP contribution in [0.5, 0.6) is 5.75 Å². The van der Waals surface area contributed by atoms with Gasteiger partial charge >= 0.3 is 0 Å². The van der Waals surface area contributed by atoms with Crippen LogP contribution in [-0.2, 0) is 21.4 Å². The Kier molecular flexibility index (Phi) is 8.31. The second kappa shape index (κ2) is 10.7. The van der Waals surface area contributed by atoms with Crippen LogP contribution in [0.4, 0.5) is 0 Å². The number of sulfonamides is 1. The Hall–Kier alpha value is -2.98. The van der Waals surface area contributed by atoms with Crippen LogP contribution in [0.1, 0.15) is 36.2 Å². The summed E-state index contributed by atoms with van der Waals surface area (Å²) in [4.78, 5) is 28.1. The molecule has 0 fully saturated rings. The van der Waals surface area contributed by atoms with Crippen molar-refractivity contribution in [2.75, 3.05) is 13.7 Å². The molecule has 0 radical (unpaired) electrons. The first-order chi connectivity index (χ1) is 14.2. The number of amides is 2. The maximum Gasteiger partial charge on any atom is 0.251 e. The third-order valence-corrected chi connectivity index (χ3v) is 5.66. The van der Waals surface area contributed by atoms with Gasteiger partial charge in [0.15, 0.2) is 0 Å². The summed E-state index contributed by atoms with van der Waals surface area (Å²) in [7, 11) is -2.49. The highest BCUT2D eigenvalue weighted by molar-refractivity contribution is 7.89. The number of nitrogens with one attached hydrogen (secondary N) is 3. The molecule has 30 heavy (non-hydrogen) atoms. The van der Waals surface area contributed by atoms with Crippen molar-refractivity contribution in [3.05, 3.63) is 53.9 Å². The van der Waals surface area contributed by atoms with Gasteiger partial charge in [0.05, 0.1) is 7.11 Å². The monoisotopic (exact) mass is 434 g/mol. The first-order valence-electron chi connectivity index (χ1n) is 9.37. The highest BCUT2D eigenvalue weighted by Gasteiger charge is 2.22. The Morgan fingerprint density at radius 2 is 1.80 bits per heavy atom. The molecule has 3 N–H and O–H groups in total. The number of carbonyl (C=O) groups excluding carboxylic acids is 2. The molecular weight excluding hydrogens is 408 g/mol. The van der Waals surface area contributed by atoms with E-state index in [1.807, 2.05) is 0 Å². The smallest absolute Gasteiger partial charge is 0.251 e. The lowest BCUT2D eigenvalue weighted by Gasteiger charge is -2.14. The quantitative estimate of drug-likeness (QED) is 0.516. The molecular formula is C20H26N4O5S. The van der Waals surface area contributed by atoms with Gasteiger partial charge in [-0.05, 0) is 49.7 Å². The van der Waals surface area contributed by atoms with Gasteiger partial charge in [0.2, 0.25) is 15.9 Å². The maximum absolute atomic E-state index is 12.5. The number of ether oxygens (including phenoxy) is 1. The topological polar surface area (TPSA) is 126 Å². The second-order valence-electron chi connectivity index (χ2n) is 6.78. The van der Waals surface area contributed by atoms with E-state index in [1.165, 1.54) is 25.3 Å².